The number of nitrogens with zero attached hydrogens (tertiary/aromatic N) is 3. The molecule has 7 heteroatoms. The van der Waals surface area contributed by atoms with E-state index in [0.717, 1.165) is 51.1 Å². The second-order valence-electron chi connectivity index (χ2n) is 8.47. The van der Waals surface area contributed by atoms with E-state index in [1.54, 1.807) is 6.26 Å². The molecule has 162 valence electrons. The van der Waals surface area contributed by atoms with E-state index in [-0.39, 0.29) is 12.1 Å². The summed E-state index contributed by atoms with van der Waals surface area (Å²) >= 11 is 0. The van der Waals surface area contributed by atoms with Gasteiger partial charge in [-0.05, 0) is 64.4 Å². The number of guanidine groups is 1. The number of hydrogen-bond acceptors (Lipinski definition) is 5. The van der Waals surface area contributed by atoms with Crippen LogP contribution in [-0.4, -0.2) is 80.3 Å². The SMILES string of the molecule is CCNC(=NCC(c1ccco1)N1CCCCC1)NCC1CN2CCCC2CO1. The van der Waals surface area contributed by atoms with Gasteiger partial charge in [-0.3, -0.25) is 14.8 Å². The smallest absolute Gasteiger partial charge is 0.191 e. The zero-order chi connectivity index (χ0) is 19.9. The summed E-state index contributed by atoms with van der Waals surface area (Å²) in [6.07, 6.45) is 8.44. The van der Waals surface area contributed by atoms with E-state index >= 15 is 0 Å². The molecule has 0 spiro atoms. The Kier molecular flexibility index (Phi) is 7.46. The van der Waals surface area contributed by atoms with Crippen molar-refractivity contribution in [2.75, 3.05) is 52.4 Å². The summed E-state index contributed by atoms with van der Waals surface area (Å²) in [5.74, 6) is 1.88. The van der Waals surface area contributed by atoms with Crippen LogP contribution in [0, 0.1) is 0 Å². The molecule has 0 bridgehead atoms. The normalized spacial score (nSPS) is 27.6. The Morgan fingerprint density at radius 3 is 2.90 bits per heavy atom. The van der Waals surface area contributed by atoms with Gasteiger partial charge in [0.05, 0.1) is 31.6 Å². The fourth-order valence-electron chi connectivity index (χ4n) is 4.84. The number of nitrogens with one attached hydrogen (secondary N) is 2. The molecule has 29 heavy (non-hydrogen) atoms. The monoisotopic (exact) mass is 403 g/mol. The highest BCUT2D eigenvalue weighted by molar-refractivity contribution is 5.79. The van der Waals surface area contributed by atoms with Crippen molar-refractivity contribution < 1.29 is 9.15 Å². The molecule has 0 saturated carbocycles. The van der Waals surface area contributed by atoms with Gasteiger partial charge in [-0.1, -0.05) is 6.42 Å². The third-order valence-electron chi connectivity index (χ3n) is 6.43. The summed E-state index contributed by atoms with van der Waals surface area (Å²) in [4.78, 5) is 10.0. The fourth-order valence-corrected chi connectivity index (χ4v) is 4.84. The molecule has 1 aromatic rings. The molecule has 4 heterocycles. The first-order chi connectivity index (χ1) is 14.3. The number of piperidine rings is 1. The van der Waals surface area contributed by atoms with E-state index in [0.29, 0.717) is 12.6 Å². The standard InChI is InChI=1S/C22H37N5O2/c1-2-23-22(24-14-19-16-27-12-6-8-18(27)17-29-19)25-15-20(21-9-7-13-28-21)26-10-4-3-5-11-26/h7,9,13,18-20H,2-6,8,10-12,14-17H2,1H3,(H2,23,24,25). The van der Waals surface area contributed by atoms with Crippen LogP contribution in [0.3, 0.4) is 0 Å². The maximum Gasteiger partial charge on any atom is 0.191 e. The average molecular weight is 404 g/mol. The molecular formula is C22H37N5O2. The second-order valence-corrected chi connectivity index (χ2v) is 8.47. The topological polar surface area (TPSA) is 65.3 Å². The Morgan fingerprint density at radius 1 is 1.21 bits per heavy atom. The molecule has 3 atom stereocenters. The number of hydrogen-bond donors (Lipinski definition) is 2. The van der Waals surface area contributed by atoms with Crippen molar-refractivity contribution in [3.05, 3.63) is 24.2 Å². The Balaban J connectivity index is 1.34. The lowest BCUT2D eigenvalue weighted by Gasteiger charge is -2.35. The van der Waals surface area contributed by atoms with Crippen LogP contribution in [0.5, 0.6) is 0 Å². The van der Waals surface area contributed by atoms with Gasteiger partial charge >= 0.3 is 0 Å². The molecule has 3 fully saturated rings. The van der Waals surface area contributed by atoms with Crippen LogP contribution in [0.15, 0.2) is 27.8 Å². The molecule has 0 amide bonds. The molecule has 7 nitrogen and oxygen atoms in total. The van der Waals surface area contributed by atoms with E-state index < -0.39 is 0 Å². The van der Waals surface area contributed by atoms with Crippen LogP contribution in [0.4, 0.5) is 0 Å². The van der Waals surface area contributed by atoms with Crippen molar-refractivity contribution in [3.8, 4) is 0 Å². The average Bonchev–Trinajstić information content (AvgIpc) is 3.44. The molecule has 3 unspecified atom stereocenters. The summed E-state index contributed by atoms with van der Waals surface area (Å²) in [6, 6.07) is 4.91. The Morgan fingerprint density at radius 2 is 2.10 bits per heavy atom. The molecule has 3 aliphatic rings. The highest BCUT2D eigenvalue weighted by atomic mass is 16.5. The van der Waals surface area contributed by atoms with Gasteiger partial charge in [0.1, 0.15) is 5.76 Å². The number of likely N-dealkylation sites (tertiary alicyclic amines) is 1. The fraction of sp³-hybridized carbons (Fsp3) is 0.773. The molecule has 3 aliphatic heterocycles. The molecule has 0 radical (unpaired) electrons. The molecular weight excluding hydrogens is 366 g/mol. The minimum atomic E-state index is 0.206. The number of rotatable bonds is 7. The van der Waals surface area contributed by atoms with Gasteiger partial charge in [0.25, 0.3) is 0 Å². The first kappa shape index (κ1) is 20.7. The van der Waals surface area contributed by atoms with Gasteiger partial charge < -0.3 is 19.8 Å². The van der Waals surface area contributed by atoms with Crippen LogP contribution in [-0.2, 0) is 4.74 Å². The van der Waals surface area contributed by atoms with Crippen molar-refractivity contribution in [2.24, 2.45) is 4.99 Å². The molecule has 0 aliphatic carbocycles. The first-order valence-corrected chi connectivity index (χ1v) is 11.5. The van der Waals surface area contributed by atoms with Crippen LogP contribution in [0.2, 0.25) is 0 Å². The lowest BCUT2D eigenvalue weighted by molar-refractivity contribution is -0.0453. The number of furan rings is 1. The lowest BCUT2D eigenvalue weighted by Crippen LogP contribution is -2.51. The lowest BCUT2D eigenvalue weighted by atomic mass is 10.1. The highest BCUT2D eigenvalue weighted by Gasteiger charge is 2.32. The Labute approximate surface area is 174 Å². The molecule has 4 rings (SSSR count). The molecule has 3 saturated heterocycles. The van der Waals surface area contributed by atoms with Crippen LogP contribution in [0.25, 0.3) is 0 Å². The summed E-state index contributed by atoms with van der Waals surface area (Å²) in [6.45, 7) is 9.82. The maximum atomic E-state index is 6.09. The van der Waals surface area contributed by atoms with Crippen molar-refractivity contribution in [1.29, 1.82) is 0 Å². The van der Waals surface area contributed by atoms with E-state index in [9.17, 15) is 0 Å². The zero-order valence-corrected chi connectivity index (χ0v) is 17.8. The third-order valence-corrected chi connectivity index (χ3v) is 6.43. The van der Waals surface area contributed by atoms with Gasteiger partial charge in [0, 0.05) is 25.7 Å². The van der Waals surface area contributed by atoms with Gasteiger partial charge in [-0.2, -0.15) is 0 Å². The summed E-state index contributed by atoms with van der Waals surface area (Å²) < 4.78 is 11.8. The first-order valence-electron chi connectivity index (χ1n) is 11.5. The van der Waals surface area contributed by atoms with Crippen LogP contribution in [0.1, 0.15) is 50.8 Å². The van der Waals surface area contributed by atoms with E-state index in [1.807, 2.05) is 6.07 Å². The van der Waals surface area contributed by atoms with Crippen molar-refractivity contribution in [1.82, 2.24) is 20.4 Å². The third kappa shape index (κ3) is 5.53. The van der Waals surface area contributed by atoms with Crippen molar-refractivity contribution in [3.63, 3.8) is 0 Å². The van der Waals surface area contributed by atoms with Gasteiger partial charge in [-0.15, -0.1) is 0 Å². The van der Waals surface area contributed by atoms with E-state index in [2.05, 4.69) is 33.4 Å². The van der Waals surface area contributed by atoms with Gasteiger partial charge in [-0.25, -0.2) is 0 Å². The van der Waals surface area contributed by atoms with E-state index in [4.69, 9.17) is 14.1 Å². The minimum absolute atomic E-state index is 0.206. The van der Waals surface area contributed by atoms with Crippen LogP contribution < -0.4 is 10.6 Å². The summed E-state index contributed by atoms with van der Waals surface area (Å²) in [5.41, 5.74) is 0. The van der Waals surface area contributed by atoms with E-state index in [1.165, 1.54) is 38.6 Å². The minimum Gasteiger partial charge on any atom is -0.468 e. The zero-order valence-electron chi connectivity index (χ0n) is 17.8. The Bertz CT molecular complexity index is 629. The highest BCUT2D eigenvalue weighted by Crippen LogP contribution is 2.25. The number of fused-ring (bicyclic) bond motifs is 1. The second kappa shape index (κ2) is 10.5. The predicted molar refractivity (Wildman–Crippen MR) is 115 cm³/mol. The quantitative estimate of drug-likeness (QED) is 0.538. The maximum absolute atomic E-state index is 6.09. The summed E-state index contributed by atoms with van der Waals surface area (Å²) in [5, 5.41) is 6.90. The Hall–Kier alpha value is -1.57. The number of morpholine rings is 1. The predicted octanol–water partition coefficient (Wildman–Crippen LogP) is 2.22. The van der Waals surface area contributed by atoms with Crippen molar-refractivity contribution in [2.45, 2.75) is 57.2 Å². The largest absolute Gasteiger partial charge is 0.468 e. The summed E-state index contributed by atoms with van der Waals surface area (Å²) in [7, 11) is 0. The van der Waals surface area contributed by atoms with Crippen LogP contribution >= 0.6 is 0 Å². The molecule has 2 N–H and O–H groups in total. The van der Waals surface area contributed by atoms with Crippen molar-refractivity contribution >= 4 is 5.96 Å². The number of aliphatic imine (C=N–C) groups is 1. The van der Waals surface area contributed by atoms with Gasteiger partial charge in [0.2, 0.25) is 0 Å². The van der Waals surface area contributed by atoms with Gasteiger partial charge in [0.15, 0.2) is 5.96 Å². The molecule has 1 aromatic heterocycles. The number of ether oxygens (including phenoxy) is 1. The molecule has 0 aromatic carbocycles.